The summed E-state index contributed by atoms with van der Waals surface area (Å²) < 4.78 is 22.5. The zero-order valence-electron chi connectivity index (χ0n) is 11.1. The van der Waals surface area contributed by atoms with E-state index in [2.05, 4.69) is 19.2 Å². The minimum atomic E-state index is -2.83. The maximum Gasteiger partial charge on any atom is 0.230 e. The van der Waals surface area contributed by atoms with Crippen LogP contribution < -0.4 is 5.32 Å². The summed E-state index contributed by atoms with van der Waals surface area (Å²) in [5.74, 6) is 1.46. The average molecular weight is 293 g/mol. The van der Waals surface area contributed by atoms with Gasteiger partial charge in [-0.25, -0.2) is 8.42 Å². The Hall–Kier alpha value is -0.230. The Bertz CT molecular complexity index is 364. The highest BCUT2D eigenvalue weighted by Gasteiger charge is 2.28. The maximum atomic E-state index is 11.6. The third-order valence-electron chi connectivity index (χ3n) is 3.38. The smallest absolute Gasteiger partial charge is 0.230 e. The van der Waals surface area contributed by atoms with E-state index in [4.69, 9.17) is 0 Å². The van der Waals surface area contributed by atoms with Crippen LogP contribution in [0.5, 0.6) is 0 Å². The molecule has 1 unspecified atom stereocenters. The number of sulfone groups is 1. The van der Waals surface area contributed by atoms with Gasteiger partial charge in [-0.05, 0) is 12.3 Å². The van der Waals surface area contributed by atoms with Gasteiger partial charge in [-0.3, -0.25) is 4.79 Å². The molecule has 0 aromatic carbocycles. The second-order valence-corrected chi connectivity index (χ2v) is 8.34. The van der Waals surface area contributed by atoms with Crippen molar-refractivity contribution in [2.45, 2.75) is 38.4 Å². The number of hydrogen-bond acceptors (Lipinski definition) is 4. The molecular weight excluding hydrogens is 270 g/mol. The van der Waals surface area contributed by atoms with Crippen molar-refractivity contribution in [1.29, 1.82) is 0 Å². The van der Waals surface area contributed by atoms with Gasteiger partial charge < -0.3 is 5.32 Å². The van der Waals surface area contributed by atoms with E-state index in [1.807, 2.05) is 0 Å². The van der Waals surface area contributed by atoms with Gasteiger partial charge in [-0.1, -0.05) is 26.7 Å². The van der Waals surface area contributed by atoms with E-state index in [1.165, 1.54) is 11.8 Å². The first kappa shape index (κ1) is 15.8. The van der Waals surface area contributed by atoms with Crippen LogP contribution in [0.25, 0.3) is 0 Å². The Balaban J connectivity index is 2.18. The fraction of sp³-hybridized carbons (Fsp3) is 0.917. The van der Waals surface area contributed by atoms with Crippen LogP contribution in [0.2, 0.25) is 0 Å². The number of nitrogens with one attached hydrogen (secondary N) is 1. The van der Waals surface area contributed by atoms with Gasteiger partial charge in [-0.15, -0.1) is 11.8 Å². The molecule has 0 bridgehead atoms. The number of hydrogen-bond donors (Lipinski definition) is 1. The number of carbonyl (C=O) groups is 1. The fourth-order valence-corrected chi connectivity index (χ4v) is 5.45. The minimum Gasteiger partial charge on any atom is -0.355 e. The number of amides is 1. The minimum absolute atomic E-state index is 0.0243. The van der Waals surface area contributed by atoms with E-state index < -0.39 is 9.84 Å². The Morgan fingerprint density at radius 3 is 2.56 bits per heavy atom. The molecule has 4 nitrogen and oxygen atoms in total. The van der Waals surface area contributed by atoms with Crippen LogP contribution in [0.15, 0.2) is 0 Å². The molecule has 0 aromatic rings. The summed E-state index contributed by atoms with van der Waals surface area (Å²) in [4.78, 5) is 11.6. The van der Waals surface area contributed by atoms with Gasteiger partial charge in [0.15, 0.2) is 9.84 Å². The average Bonchev–Trinajstić information content (AvgIpc) is 2.68. The molecule has 1 aliphatic rings. The van der Waals surface area contributed by atoms with E-state index in [0.29, 0.717) is 18.1 Å². The molecule has 1 N–H and O–H groups in total. The van der Waals surface area contributed by atoms with Crippen molar-refractivity contribution in [3.05, 3.63) is 0 Å². The Morgan fingerprint density at radius 1 is 1.39 bits per heavy atom. The van der Waals surface area contributed by atoms with Gasteiger partial charge in [0.05, 0.1) is 17.3 Å². The summed E-state index contributed by atoms with van der Waals surface area (Å²) in [6.45, 7) is 4.98. The lowest BCUT2D eigenvalue weighted by atomic mass is 10.0. The van der Waals surface area contributed by atoms with Gasteiger partial charge in [-0.2, -0.15) is 0 Å². The summed E-state index contributed by atoms with van der Waals surface area (Å²) in [5, 5.41) is 3.03. The van der Waals surface area contributed by atoms with Crippen LogP contribution >= 0.6 is 11.8 Å². The van der Waals surface area contributed by atoms with Crippen molar-refractivity contribution in [3.8, 4) is 0 Å². The van der Waals surface area contributed by atoms with E-state index in [0.717, 1.165) is 19.4 Å². The maximum absolute atomic E-state index is 11.6. The van der Waals surface area contributed by atoms with Crippen LogP contribution in [-0.2, 0) is 14.6 Å². The van der Waals surface area contributed by atoms with E-state index in [1.54, 1.807) is 0 Å². The monoisotopic (exact) mass is 293 g/mol. The molecule has 6 heteroatoms. The molecule has 1 amide bonds. The highest BCUT2D eigenvalue weighted by atomic mass is 32.2. The molecule has 0 radical (unpaired) electrons. The van der Waals surface area contributed by atoms with Gasteiger partial charge in [0.2, 0.25) is 5.91 Å². The topological polar surface area (TPSA) is 63.2 Å². The Kier molecular flexibility index (Phi) is 6.49. The predicted molar refractivity (Wildman–Crippen MR) is 76.6 cm³/mol. The predicted octanol–water partition coefficient (Wildman–Crippen LogP) is 1.46. The largest absolute Gasteiger partial charge is 0.355 e. The third-order valence-corrected chi connectivity index (χ3v) is 6.66. The molecule has 0 aromatic heterocycles. The van der Waals surface area contributed by atoms with E-state index >= 15 is 0 Å². The SMILES string of the molecule is CCC(CC)CNC(=O)CSC1CCS(=O)(=O)C1. The van der Waals surface area contributed by atoms with Crippen LogP contribution in [0.4, 0.5) is 0 Å². The van der Waals surface area contributed by atoms with Crippen LogP contribution in [0.3, 0.4) is 0 Å². The zero-order chi connectivity index (χ0) is 13.6. The fourth-order valence-electron chi connectivity index (χ4n) is 1.97. The van der Waals surface area contributed by atoms with Gasteiger partial charge in [0.1, 0.15) is 0 Å². The second kappa shape index (κ2) is 7.38. The van der Waals surface area contributed by atoms with Crippen molar-refractivity contribution in [2.24, 2.45) is 5.92 Å². The molecule has 0 spiro atoms. The molecule has 0 saturated carbocycles. The normalized spacial score (nSPS) is 22.3. The molecule has 1 rings (SSSR count). The molecule has 1 aliphatic heterocycles. The molecular formula is C12H23NO3S2. The van der Waals surface area contributed by atoms with E-state index in [-0.39, 0.29) is 22.7 Å². The molecule has 1 saturated heterocycles. The Morgan fingerprint density at radius 2 is 2.06 bits per heavy atom. The third kappa shape index (κ3) is 5.61. The quantitative estimate of drug-likeness (QED) is 0.772. The molecule has 18 heavy (non-hydrogen) atoms. The highest BCUT2D eigenvalue weighted by Crippen LogP contribution is 2.23. The summed E-state index contributed by atoms with van der Waals surface area (Å²) in [5.41, 5.74) is 0. The summed E-state index contributed by atoms with van der Waals surface area (Å²) in [6.07, 6.45) is 2.84. The summed E-state index contributed by atoms with van der Waals surface area (Å²) in [7, 11) is -2.83. The first-order valence-electron chi connectivity index (χ1n) is 6.55. The first-order valence-corrected chi connectivity index (χ1v) is 9.42. The lowest BCUT2D eigenvalue weighted by Gasteiger charge is -2.13. The van der Waals surface area contributed by atoms with Gasteiger partial charge in [0, 0.05) is 11.8 Å². The van der Waals surface area contributed by atoms with Crippen molar-refractivity contribution >= 4 is 27.5 Å². The number of thioether (sulfide) groups is 1. The van der Waals surface area contributed by atoms with Crippen LogP contribution in [0, 0.1) is 5.92 Å². The molecule has 1 atom stereocenters. The number of carbonyl (C=O) groups excluding carboxylic acids is 1. The standard InChI is InChI=1S/C12H23NO3S2/c1-3-10(4-2)7-13-12(14)8-17-11-5-6-18(15,16)9-11/h10-11H,3-9H2,1-2H3,(H,13,14). The molecule has 1 fully saturated rings. The molecule has 106 valence electrons. The lowest BCUT2D eigenvalue weighted by Crippen LogP contribution is -2.30. The van der Waals surface area contributed by atoms with Crippen LogP contribution in [0.1, 0.15) is 33.1 Å². The van der Waals surface area contributed by atoms with Crippen molar-refractivity contribution in [2.75, 3.05) is 23.8 Å². The zero-order valence-corrected chi connectivity index (χ0v) is 12.8. The lowest BCUT2D eigenvalue weighted by molar-refractivity contribution is -0.118. The van der Waals surface area contributed by atoms with Crippen molar-refractivity contribution < 1.29 is 13.2 Å². The summed E-state index contributed by atoms with van der Waals surface area (Å²) >= 11 is 1.47. The molecule has 0 aliphatic carbocycles. The first-order chi connectivity index (χ1) is 8.46. The van der Waals surface area contributed by atoms with Crippen LogP contribution in [-0.4, -0.2) is 43.4 Å². The second-order valence-electron chi connectivity index (χ2n) is 4.82. The number of rotatable bonds is 7. The molecule has 1 heterocycles. The van der Waals surface area contributed by atoms with Crippen molar-refractivity contribution in [3.63, 3.8) is 0 Å². The van der Waals surface area contributed by atoms with Gasteiger partial charge >= 0.3 is 0 Å². The Labute approximate surface area is 114 Å². The van der Waals surface area contributed by atoms with E-state index in [9.17, 15) is 13.2 Å². The highest BCUT2D eigenvalue weighted by molar-refractivity contribution is 8.02. The van der Waals surface area contributed by atoms with Crippen molar-refractivity contribution in [1.82, 2.24) is 5.32 Å². The summed E-state index contributed by atoms with van der Waals surface area (Å²) in [6, 6.07) is 0. The van der Waals surface area contributed by atoms with Gasteiger partial charge in [0.25, 0.3) is 0 Å².